The maximum absolute atomic E-state index is 2.49. The Morgan fingerprint density at radius 2 is 0.825 bits per heavy atom. The Balaban J connectivity index is 1.02. The van der Waals surface area contributed by atoms with E-state index in [0.717, 1.165) is 17.1 Å². The Labute approximate surface area is 372 Å². The molecule has 0 aliphatic heterocycles. The van der Waals surface area contributed by atoms with Crippen LogP contribution >= 0.6 is 11.3 Å². The predicted molar refractivity (Wildman–Crippen MR) is 268 cm³/mol. The van der Waals surface area contributed by atoms with Crippen LogP contribution in [0.15, 0.2) is 249 Å². The molecule has 0 bridgehead atoms. The highest BCUT2D eigenvalue weighted by Gasteiger charge is 2.46. The van der Waals surface area contributed by atoms with Gasteiger partial charge in [-0.05, 0) is 98.1 Å². The Hall–Kier alpha value is -7.78. The maximum atomic E-state index is 2.49. The fourth-order valence-electron chi connectivity index (χ4n) is 10.2. The van der Waals surface area contributed by atoms with Crippen LogP contribution in [0.5, 0.6) is 0 Å². The van der Waals surface area contributed by atoms with Crippen LogP contribution in [0.4, 0.5) is 17.1 Å². The molecule has 1 aliphatic rings. The number of para-hydroxylation sites is 2. The smallest absolute Gasteiger partial charge is 0.0713 e. The van der Waals surface area contributed by atoms with Crippen molar-refractivity contribution >= 4 is 48.6 Å². The van der Waals surface area contributed by atoms with E-state index in [1.54, 1.807) is 0 Å². The van der Waals surface area contributed by atoms with Gasteiger partial charge in [0.2, 0.25) is 0 Å². The first-order valence-corrected chi connectivity index (χ1v) is 22.5. The van der Waals surface area contributed by atoms with Gasteiger partial charge in [0.25, 0.3) is 0 Å². The monoisotopic (exact) mass is 819 g/mol. The van der Waals surface area contributed by atoms with Crippen molar-refractivity contribution in [1.82, 2.24) is 0 Å². The van der Waals surface area contributed by atoms with E-state index in [1.165, 1.54) is 86.9 Å². The van der Waals surface area contributed by atoms with E-state index >= 15 is 0 Å². The number of nitrogens with zero attached hydrogens (tertiary/aromatic N) is 1. The third-order valence-corrected chi connectivity index (χ3v) is 14.2. The summed E-state index contributed by atoms with van der Waals surface area (Å²) >= 11 is 1.90. The quantitative estimate of drug-likeness (QED) is 0.148. The van der Waals surface area contributed by atoms with Crippen molar-refractivity contribution in [3.63, 3.8) is 0 Å². The third kappa shape index (κ3) is 5.98. The largest absolute Gasteiger partial charge is 0.310 e. The van der Waals surface area contributed by atoms with Crippen molar-refractivity contribution < 1.29 is 0 Å². The van der Waals surface area contributed by atoms with Crippen LogP contribution in [0.2, 0.25) is 0 Å². The molecular formula is C61H41NS. The van der Waals surface area contributed by atoms with Crippen LogP contribution in [0.1, 0.15) is 22.3 Å². The molecule has 1 aliphatic carbocycles. The van der Waals surface area contributed by atoms with E-state index < -0.39 is 5.41 Å². The normalized spacial score (nSPS) is 12.6. The lowest BCUT2D eigenvalue weighted by Crippen LogP contribution is -2.28. The fourth-order valence-corrected chi connectivity index (χ4v) is 11.5. The number of rotatable bonds is 8. The zero-order valence-electron chi connectivity index (χ0n) is 34.5. The van der Waals surface area contributed by atoms with Crippen LogP contribution in [0.3, 0.4) is 0 Å². The van der Waals surface area contributed by atoms with E-state index in [0.29, 0.717) is 0 Å². The lowest BCUT2D eigenvalue weighted by molar-refractivity contribution is 0.770. The summed E-state index contributed by atoms with van der Waals surface area (Å²) in [5.41, 5.74) is 18.0. The number of benzene rings is 10. The molecule has 0 N–H and O–H groups in total. The average Bonchev–Trinajstić information content (AvgIpc) is 3.89. The molecule has 0 spiro atoms. The minimum Gasteiger partial charge on any atom is -0.310 e. The molecule has 0 unspecified atom stereocenters. The molecule has 2 heteroatoms. The van der Waals surface area contributed by atoms with Gasteiger partial charge in [0.15, 0.2) is 0 Å². The van der Waals surface area contributed by atoms with Gasteiger partial charge in [-0.2, -0.15) is 0 Å². The van der Waals surface area contributed by atoms with Crippen molar-refractivity contribution in [3.8, 4) is 44.5 Å². The van der Waals surface area contributed by atoms with Gasteiger partial charge >= 0.3 is 0 Å². The van der Waals surface area contributed by atoms with Crippen molar-refractivity contribution in [2.45, 2.75) is 5.41 Å². The molecule has 1 heterocycles. The van der Waals surface area contributed by atoms with Crippen molar-refractivity contribution in [2.75, 3.05) is 4.90 Å². The second-order valence-corrected chi connectivity index (χ2v) is 17.4. The zero-order chi connectivity index (χ0) is 41.7. The van der Waals surface area contributed by atoms with E-state index in [1.807, 2.05) is 11.3 Å². The molecule has 296 valence electrons. The van der Waals surface area contributed by atoms with Gasteiger partial charge < -0.3 is 4.90 Å². The Morgan fingerprint density at radius 3 is 1.51 bits per heavy atom. The van der Waals surface area contributed by atoms with E-state index in [9.17, 15) is 0 Å². The standard InChI is InChI=1S/C61H41NS/c1-4-19-42(20-5-1)43-35-38-47(39-36-43)62(46-23-8-3-9-24-46)58-34-17-14-29-52(58)48-25-10-11-26-49(48)53-30-18-31-54-55-41-45(37-40-59(55)63-60(53)54)61(44-21-6-2-7-22-44)56-32-15-12-27-50(56)51-28-13-16-33-57(51)61/h1-41H. The van der Waals surface area contributed by atoms with Gasteiger partial charge in [-0.3, -0.25) is 0 Å². The van der Waals surface area contributed by atoms with E-state index in [-0.39, 0.29) is 0 Å². The molecule has 0 fully saturated rings. The minimum atomic E-state index is -0.447. The first-order valence-electron chi connectivity index (χ1n) is 21.7. The summed E-state index contributed by atoms with van der Waals surface area (Å²) in [5.74, 6) is 0. The van der Waals surface area contributed by atoms with Gasteiger partial charge in [-0.15, -0.1) is 11.3 Å². The van der Waals surface area contributed by atoms with Crippen LogP contribution < -0.4 is 4.90 Å². The zero-order valence-corrected chi connectivity index (χ0v) is 35.3. The van der Waals surface area contributed by atoms with Crippen LogP contribution in [0, 0.1) is 0 Å². The highest BCUT2D eigenvalue weighted by atomic mass is 32.1. The highest BCUT2D eigenvalue weighted by Crippen LogP contribution is 2.57. The molecule has 1 nitrogen and oxygen atoms in total. The summed E-state index contributed by atoms with van der Waals surface area (Å²) < 4.78 is 2.59. The summed E-state index contributed by atoms with van der Waals surface area (Å²) in [6.45, 7) is 0. The molecule has 10 aromatic carbocycles. The summed E-state index contributed by atoms with van der Waals surface area (Å²) in [7, 11) is 0. The van der Waals surface area contributed by atoms with Gasteiger partial charge in [0.05, 0.1) is 11.1 Å². The number of hydrogen-bond acceptors (Lipinski definition) is 2. The maximum Gasteiger partial charge on any atom is 0.0713 e. The van der Waals surface area contributed by atoms with Crippen LogP contribution in [-0.4, -0.2) is 0 Å². The molecule has 1 aromatic heterocycles. The lowest BCUT2D eigenvalue weighted by atomic mass is 9.67. The fraction of sp³-hybridized carbons (Fsp3) is 0.0164. The first-order chi connectivity index (χ1) is 31.3. The highest BCUT2D eigenvalue weighted by molar-refractivity contribution is 7.26. The van der Waals surface area contributed by atoms with Crippen molar-refractivity contribution in [3.05, 3.63) is 271 Å². The molecule has 11 aromatic rings. The van der Waals surface area contributed by atoms with E-state index in [2.05, 4.69) is 254 Å². The molecule has 0 atom stereocenters. The first kappa shape index (κ1) is 37.0. The van der Waals surface area contributed by atoms with Crippen LogP contribution in [-0.2, 0) is 5.41 Å². The summed E-state index contributed by atoms with van der Waals surface area (Å²) in [6, 6.07) is 91.3. The van der Waals surface area contributed by atoms with Crippen molar-refractivity contribution in [1.29, 1.82) is 0 Å². The minimum absolute atomic E-state index is 0.447. The second kappa shape index (κ2) is 15.3. The number of thiophene rings is 1. The summed E-state index contributed by atoms with van der Waals surface area (Å²) in [4.78, 5) is 2.39. The Bertz CT molecular complexity index is 3400. The molecule has 12 rings (SSSR count). The van der Waals surface area contributed by atoms with Crippen LogP contribution in [0.25, 0.3) is 64.7 Å². The molecule has 0 amide bonds. The van der Waals surface area contributed by atoms with Gasteiger partial charge in [0.1, 0.15) is 0 Å². The third-order valence-electron chi connectivity index (χ3n) is 13.0. The van der Waals surface area contributed by atoms with Gasteiger partial charge in [0, 0.05) is 42.7 Å². The average molecular weight is 820 g/mol. The molecule has 0 saturated heterocycles. The Morgan fingerprint density at radius 1 is 0.317 bits per heavy atom. The lowest BCUT2D eigenvalue weighted by Gasteiger charge is -2.34. The molecule has 0 radical (unpaired) electrons. The Kier molecular flexibility index (Phi) is 8.98. The summed E-state index contributed by atoms with van der Waals surface area (Å²) in [6.07, 6.45) is 0. The van der Waals surface area contributed by atoms with Gasteiger partial charge in [-0.25, -0.2) is 0 Å². The summed E-state index contributed by atoms with van der Waals surface area (Å²) in [5, 5.41) is 2.57. The van der Waals surface area contributed by atoms with Gasteiger partial charge in [-0.1, -0.05) is 206 Å². The van der Waals surface area contributed by atoms with Crippen molar-refractivity contribution in [2.24, 2.45) is 0 Å². The number of anilines is 3. The predicted octanol–water partition coefficient (Wildman–Crippen LogP) is 16.9. The molecule has 63 heavy (non-hydrogen) atoms. The second-order valence-electron chi connectivity index (χ2n) is 16.3. The molecular weight excluding hydrogens is 779 g/mol. The number of fused-ring (bicyclic) bond motifs is 6. The SMILES string of the molecule is c1ccc(-c2ccc(N(c3ccccc3)c3ccccc3-c3ccccc3-c3cccc4c3sc3ccc(C5(c6ccccc6)c6ccccc6-c6ccccc65)cc34)cc2)cc1. The molecule has 0 saturated carbocycles. The van der Waals surface area contributed by atoms with E-state index in [4.69, 9.17) is 0 Å². The number of hydrogen-bond donors (Lipinski definition) is 0. The topological polar surface area (TPSA) is 3.24 Å².